The van der Waals surface area contributed by atoms with Gasteiger partial charge in [0, 0.05) is 23.9 Å². The first-order valence-electron chi connectivity index (χ1n) is 8.54. The van der Waals surface area contributed by atoms with Gasteiger partial charge in [-0.3, -0.25) is 0 Å². The Kier molecular flexibility index (Phi) is 6.74. The number of hydrogen-bond donors (Lipinski definition) is 0. The number of aliphatic carboxylic acids is 1. The Balaban J connectivity index is 0.00000240. The smallest absolute Gasteiger partial charge is 0.546 e. The minimum atomic E-state index is -1.37. The Morgan fingerprint density at radius 3 is 2.76 bits per heavy atom. The molecule has 4 rings (SSSR count). The van der Waals surface area contributed by atoms with Gasteiger partial charge >= 0.3 is 29.6 Å². The fourth-order valence-corrected chi connectivity index (χ4v) is 3.22. The van der Waals surface area contributed by atoms with E-state index < -0.39 is 18.4 Å². The molecule has 0 atom stereocenters. The van der Waals surface area contributed by atoms with Gasteiger partial charge in [0.2, 0.25) is 5.88 Å². The van der Waals surface area contributed by atoms with Crippen LogP contribution in [0.25, 0.3) is 11.4 Å². The molecule has 0 aliphatic carbocycles. The quantitative estimate of drug-likeness (QED) is 0.529. The van der Waals surface area contributed by atoms with Crippen LogP contribution in [0.4, 0.5) is 15.9 Å². The SMILES string of the molecule is O=C([O-])COc1cc(N2CCc3ccccc32)nc(-c2ccc(Cl)c(F)c2)n1.[Na+]. The Morgan fingerprint density at radius 1 is 1.21 bits per heavy atom. The first-order chi connectivity index (χ1) is 13.5. The molecule has 29 heavy (non-hydrogen) atoms. The summed E-state index contributed by atoms with van der Waals surface area (Å²) in [5, 5.41) is 10.7. The number of carbonyl (C=O) groups excluding carboxylic acids is 1. The number of anilines is 2. The van der Waals surface area contributed by atoms with Crippen LogP contribution in [0.2, 0.25) is 5.02 Å². The number of rotatable bonds is 5. The molecule has 0 bridgehead atoms. The van der Waals surface area contributed by atoms with Crippen molar-refractivity contribution in [3.05, 3.63) is 64.9 Å². The van der Waals surface area contributed by atoms with E-state index in [1.165, 1.54) is 17.7 Å². The van der Waals surface area contributed by atoms with E-state index in [0.717, 1.165) is 12.1 Å². The molecule has 1 aromatic heterocycles. The molecule has 0 N–H and O–H groups in total. The minimum absolute atomic E-state index is 0. The predicted octanol–water partition coefficient (Wildman–Crippen LogP) is -0.237. The molecule has 2 heterocycles. The van der Waals surface area contributed by atoms with Gasteiger partial charge in [-0.05, 0) is 36.2 Å². The van der Waals surface area contributed by atoms with Crippen LogP contribution in [0.3, 0.4) is 0 Å². The van der Waals surface area contributed by atoms with Crippen molar-refractivity contribution in [3.8, 4) is 17.3 Å². The minimum Gasteiger partial charge on any atom is -0.546 e. The van der Waals surface area contributed by atoms with Crippen LogP contribution < -0.4 is 44.3 Å². The Hall–Kier alpha value is -2.19. The van der Waals surface area contributed by atoms with Crippen molar-refractivity contribution < 1.29 is 48.6 Å². The fourth-order valence-electron chi connectivity index (χ4n) is 3.10. The maximum absolute atomic E-state index is 13.9. The number of carboxylic acids is 1. The van der Waals surface area contributed by atoms with Gasteiger partial charge in [-0.1, -0.05) is 29.8 Å². The number of ether oxygens (including phenoxy) is 1. The Labute approximate surface area is 193 Å². The predicted molar refractivity (Wildman–Crippen MR) is 100 cm³/mol. The van der Waals surface area contributed by atoms with Crippen molar-refractivity contribution in [1.29, 1.82) is 0 Å². The molecule has 1 aliphatic rings. The first-order valence-corrected chi connectivity index (χ1v) is 8.91. The van der Waals surface area contributed by atoms with Crippen LogP contribution >= 0.6 is 11.6 Å². The molecule has 0 fully saturated rings. The van der Waals surface area contributed by atoms with Crippen molar-refractivity contribution in [2.75, 3.05) is 18.1 Å². The number of aromatic nitrogens is 2. The van der Waals surface area contributed by atoms with Gasteiger partial charge in [-0.25, -0.2) is 9.37 Å². The zero-order valence-corrected chi connectivity index (χ0v) is 18.3. The molecule has 0 saturated carbocycles. The van der Waals surface area contributed by atoms with E-state index in [1.54, 1.807) is 12.1 Å². The van der Waals surface area contributed by atoms with Crippen LogP contribution in [0, 0.1) is 5.82 Å². The number of carboxylic acid groups (broad SMARTS) is 1. The molecule has 142 valence electrons. The van der Waals surface area contributed by atoms with Crippen molar-refractivity contribution in [2.24, 2.45) is 0 Å². The van der Waals surface area contributed by atoms with E-state index in [4.69, 9.17) is 16.3 Å². The Bertz CT molecular complexity index is 1070. The monoisotopic (exact) mass is 421 g/mol. The van der Waals surface area contributed by atoms with E-state index in [9.17, 15) is 14.3 Å². The number of nitrogens with zero attached hydrogens (tertiary/aromatic N) is 3. The summed E-state index contributed by atoms with van der Waals surface area (Å²) in [6, 6.07) is 13.7. The standard InChI is InChI=1S/C20H15ClFN3O3.Na/c21-14-6-5-13(9-15(14)22)20-23-17(10-18(24-20)28-11-19(26)27)25-8-7-12-3-1-2-4-16(12)25;/h1-6,9-10H,7-8,11H2,(H,26,27);/q;+1/p-1. The molecular weight excluding hydrogens is 408 g/mol. The number of benzene rings is 2. The van der Waals surface area contributed by atoms with Gasteiger partial charge < -0.3 is 19.5 Å². The van der Waals surface area contributed by atoms with Gasteiger partial charge in [-0.15, -0.1) is 0 Å². The second kappa shape index (κ2) is 9.09. The zero-order chi connectivity index (χ0) is 19.7. The number of fused-ring (bicyclic) bond motifs is 1. The van der Waals surface area contributed by atoms with Gasteiger partial charge in [0.1, 0.15) is 18.2 Å². The first kappa shape index (κ1) is 21.5. The summed E-state index contributed by atoms with van der Waals surface area (Å²) in [6.45, 7) is 0.0478. The van der Waals surface area contributed by atoms with Crippen LogP contribution in [-0.4, -0.2) is 29.1 Å². The molecule has 2 aromatic carbocycles. The summed E-state index contributed by atoms with van der Waals surface area (Å²) in [6.07, 6.45) is 0.848. The van der Waals surface area contributed by atoms with Crippen molar-refractivity contribution >= 4 is 29.1 Å². The number of para-hydroxylation sites is 1. The second-order valence-corrected chi connectivity index (χ2v) is 6.62. The fraction of sp³-hybridized carbons (Fsp3) is 0.150. The van der Waals surface area contributed by atoms with Gasteiger partial charge in [0.15, 0.2) is 5.82 Å². The second-order valence-electron chi connectivity index (χ2n) is 6.21. The Morgan fingerprint density at radius 2 is 2.00 bits per heavy atom. The van der Waals surface area contributed by atoms with Gasteiger partial charge in [0.05, 0.1) is 11.0 Å². The van der Waals surface area contributed by atoms with E-state index in [-0.39, 0.29) is 46.3 Å². The number of carbonyl (C=O) groups is 1. The zero-order valence-electron chi connectivity index (χ0n) is 15.6. The average molecular weight is 422 g/mol. The molecule has 0 unspecified atom stereocenters. The maximum atomic E-state index is 13.9. The molecule has 0 amide bonds. The third-order valence-electron chi connectivity index (χ3n) is 4.37. The summed E-state index contributed by atoms with van der Waals surface area (Å²) in [5.74, 6) is -1.18. The normalized spacial score (nSPS) is 12.3. The van der Waals surface area contributed by atoms with E-state index >= 15 is 0 Å². The maximum Gasteiger partial charge on any atom is 1.00 e. The molecule has 1 aliphatic heterocycles. The van der Waals surface area contributed by atoms with Crippen molar-refractivity contribution in [2.45, 2.75) is 6.42 Å². The molecule has 0 spiro atoms. The topological polar surface area (TPSA) is 78.4 Å². The molecule has 9 heteroatoms. The third-order valence-corrected chi connectivity index (χ3v) is 4.68. The number of halogens is 2. The van der Waals surface area contributed by atoms with Gasteiger partial charge in [-0.2, -0.15) is 4.98 Å². The van der Waals surface area contributed by atoms with E-state index in [0.29, 0.717) is 17.9 Å². The van der Waals surface area contributed by atoms with Crippen molar-refractivity contribution in [1.82, 2.24) is 9.97 Å². The van der Waals surface area contributed by atoms with Crippen LogP contribution in [0.15, 0.2) is 48.5 Å². The molecular formula is C20H14ClFN3NaO3. The molecule has 0 radical (unpaired) electrons. The van der Waals surface area contributed by atoms with Crippen LogP contribution in [-0.2, 0) is 11.2 Å². The summed E-state index contributed by atoms with van der Waals surface area (Å²) in [4.78, 5) is 21.5. The van der Waals surface area contributed by atoms with E-state index in [1.807, 2.05) is 29.2 Å². The third kappa shape index (κ3) is 4.70. The molecule has 0 saturated heterocycles. The molecule has 6 nitrogen and oxygen atoms in total. The summed E-state index contributed by atoms with van der Waals surface area (Å²) >= 11 is 5.75. The van der Waals surface area contributed by atoms with Crippen LogP contribution in [0.1, 0.15) is 5.56 Å². The molecule has 3 aromatic rings. The number of hydrogen-bond acceptors (Lipinski definition) is 6. The van der Waals surface area contributed by atoms with Crippen molar-refractivity contribution in [3.63, 3.8) is 0 Å². The largest absolute Gasteiger partial charge is 1.00 e. The summed E-state index contributed by atoms with van der Waals surface area (Å²) in [7, 11) is 0. The van der Waals surface area contributed by atoms with E-state index in [2.05, 4.69) is 9.97 Å². The average Bonchev–Trinajstić information content (AvgIpc) is 3.12. The summed E-state index contributed by atoms with van der Waals surface area (Å²) < 4.78 is 19.1. The summed E-state index contributed by atoms with van der Waals surface area (Å²) in [5.41, 5.74) is 2.58. The van der Waals surface area contributed by atoms with Crippen LogP contribution in [0.5, 0.6) is 5.88 Å². The van der Waals surface area contributed by atoms with Gasteiger partial charge in [0.25, 0.3) is 0 Å².